The molecule has 1 fully saturated rings. The molecule has 1 amide bonds. The lowest BCUT2D eigenvalue weighted by Crippen LogP contribution is -2.54. The van der Waals surface area contributed by atoms with E-state index in [-0.39, 0.29) is 11.9 Å². The summed E-state index contributed by atoms with van der Waals surface area (Å²) in [6.45, 7) is 6.86. The smallest absolute Gasteiger partial charge is 0.242 e. The van der Waals surface area contributed by atoms with Gasteiger partial charge in [0.15, 0.2) is 5.82 Å². The van der Waals surface area contributed by atoms with Gasteiger partial charge in [0.25, 0.3) is 0 Å². The summed E-state index contributed by atoms with van der Waals surface area (Å²) in [6.07, 6.45) is 0. The lowest BCUT2D eigenvalue weighted by Gasteiger charge is -2.37. The van der Waals surface area contributed by atoms with E-state index >= 15 is 0 Å². The standard InChI is InChI=1S/C18H25N5O2/c1-4-23-16(13-25-12-15-8-6-5-7-9-15)19-20-18(23)22-10-14(2)21(3)17(24)11-22/h5-9,14H,4,10-13H2,1-3H3/t14-/m0/s1. The van der Waals surface area contributed by atoms with Crippen LogP contribution >= 0.6 is 0 Å². The number of anilines is 1. The molecule has 0 unspecified atom stereocenters. The van der Waals surface area contributed by atoms with E-state index in [0.29, 0.717) is 19.8 Å². The van der Waals surface area contributed by atoms with E-state index in [4.69, 9.17) is 4.74 Å². The molecule has 2 aromatic rings. The van der Waals surface area contributed by atoms with Crippen molar-refractivity contribution >= 4 is 11.9 Å². The molecule has 7 heteroatoms. The zero-order valence-electron chi connectivity index (χ0n) is 15.1. The third-order valence-electron chi connectivity index (χ3n) is 4.61. The van der Waals surface area contributed by atoms with Gasteiger partial charge in [0.1, 0.15) is 6.61 Å². The van der Waals surface area contributed by atoms with Gasteiger partial charge in [-0.1, -0.05) is 30.3 Å². The van der Waals surface area contributed by atoms with Crippen LogP contribution in [0.1, 0.15) is 25.2 Å². The number of carbonyl (C=O) groups excluding carboxylic acids is 1. The second-order valence-corrected chi connectivity index (χ2v) is 6.37. The Morgan fingerprint density at radius 1 is 1.20 bits per heavy atom. The zero-order valence-corrected chi connectivity index (χ0v) is 15.1. The quantitative estimate of drug-likeness (QED) is 0.798. The number of benzene rings is 1. The van der Waals surface area contributed by atoms with Gasteiger partial charge in [0.2, 0.25) is 11.9 Å². The second-order valence-electron chi connectivity index (χ2n) is 6.37. The first-order valence-corrected chi connectivity index (χ1v) is 8.64. The van der Waals surface area contributed by atoms with Gasteiger partial charge in [-0.2, -0.15) is 0 Å². The highest BCUT2D eigenvalue weighted by Gasteiger charge is 2.30. The number of ether oxygens (including phenoxy) is 1. The summed E-state index contributed by atoms with van der Waals surface area (Å²) in [5.41, 5.74) is 1.13. The van der Waals surface area contributed by atoms with E-state index in [1.165, 1.54) is 0 Å². The number of hydrogen-bond donors (Lipinski definition) is 0. The summed E-state index contributed by atoms with van der Waals surface area (Å²) in [5, 5.41) is 8.60. The maximum atomic E-state index is 12.1. The highest BCUT2D eigenvalue weighted by molar-refractivity contribution is 5.82. The van der Waals surface area contributed by atoms with E-state index < -0.39 is 0 Å². The molecule has 0 aliphatic carbocycles. The molecule has 134 valence electrons. The van der Waals surface area contributed by atoms with Gasteiger partial charge in [-0.05, 0) is 19.4 Å². The summed E-state index contributed by atoms with van der Waals surface area (Å²) >= 11 is 0. The molecule has 3 rings (SSSR count). The van der Waals surface area contributed by atoms with Crippen molar-refractivity contribution in [3.8, 4) is 0 Å². The van der Waals surface area contributed by atoms with Crippen molar-refractivity contribution in [2.75, 3.05) is 25.0 Å². The van der Waals surface area contributed by atoms with Gasteiger partial charge in [-0.3, -0.25) is 9.36 Å². The Labute approximate surface area is 148 Å². The number of likely N-dealkylation sites (N-methyl/N-ethyl adjacent to an activating group) is 1. The van der Waals surface area contributed by atoms with E-state index in [9.17, 15) is 4.79 Å². The molecule has 2 heterocycles. The topological polar surface area (TPSA) is 63.5 Å². The van der Waals surface area contributed by atoms with E-state index in [1.807, 2.05) is 53.8 Å². The number of amides is 1. The van der Waals surface area contributed by atoms with Gasteiger partial charge < -0.3 is 14.5 Å². The Morgan fingerprint density at radius 3 is 2.64 bits per heavy atom. The van der Waals surface area contributed by atoms with Crippen LogP contribution in [-0.4, -0.2) is 51.8 Å². The largest absolute Gasteiger partial charge is 0.369 e. The zero-order chi connectivity index (χ0) is 17.8. The molecule has 1 aliphatic rings. The summed E-state index contributed by atoms with van der Waals surface area (Å²) in [4.78, 5) is 15.9. The molecule has 1 aromatic heterocycles. The Hall–Kier alpha value is -2.41. The summed E-state index contributed by atoms with van der Waals surface area (Å²) in [5.74, 6) is 1.63. The Kier molecular flexibility index (Phi) is 5.33. The van der Waals surface area contributed by atoms with Gasteiger partial charge in [-0.15, -0.1) is 10.2 Å². The molecule has 25 heavy (non-hydrogen) atoms. The van der Waals surface area contributed by atoms with Crippen molar-refractivity contribution in [1.29, 1.82) is 0 Å². The molecule has 0 N–H and O–H groups in total. The molecule has 1 saturated heterocycles. The summed E-state index contributed by atoms with van der Waals surface area (Å²) in [7, 11) is 1.84. The van der Waals surface area contributed by atoms with Crippen LogP contribution in [0.4, 0.5) is 5.95 Å². The first kappa shape index (κ1) is 17.4. The molecular weight excluding hydrogens is 318 g/mol. The number of nitrogens with zero attached hydrogens (tertiary/aromatic N) is 5. The van der Waals surface area contributed by atoms with E-state index in [0.717, 1.165) is 30.4 Å². The Bertz CT molecular complexity index is 716. The summed E-state index contributed by atoms with van der Waals surface area (Å²) in [6, 6.07) is 10.2. The van der Waals surface area contributed by atoms with Crippen molar-refractivity contribution < 1.29 is 9.53 Å². The van der Waals surface area contributed by atoms with Gasteiger partial charge in [-0.25, -0.2) is 0 Å². The highest BCUT2D eigenvalue weighted by Crippen LogP contribution is 2.19. The van der Waals surface area contributed by atoms with Crippen molar-refractivity contribution in [1.82, 2.24) is 19.7 Å². The normalized spacial score (nSPS) is 18.0. The Balaban J connectivity index is 1.67. The monoisotopic (exact) mass is 343 g/mol. The van der Waals surface area contributed by atoms with Crippen molar-refractivity contribution in [2.45, 2.75) is 39.6 Å². The van der Waals surface area contributed by atoms with Crippen molar-refractivity contribution in [3.63, 3.8) is 0 Å². The van der Waals surface area contributed by atoms with E-state index in [2.05, 4.69) is 17.1 Å². The minimum absolute atomic E-state index is 0.103. The maximum Gasteiger partial charge on any atom is 0.242 e. The molecule has 1 atom stereocenters. The molecule has 1 aliphatic heterocycles. The fourth-order valence-electron chi connectivity index (χ4n) is 3.00. The Morgan fingerprint density at radius 2 is 1.96 bits per heavy atom. The fraction of sp³-hybridized carbons (Fsp3) is 0.500. The van der Waals surface area contributed by atoms with Gasteiger partial charge in [0.05, 0.1) is 13.2 Å². The second kappa shape index (κ2) is 7.65. The fourth-order valence-corrected chi connectivity index (χ4v) is 3.00. The first-order valence-electron chi connectivity index (χ1n) is 8.64. The van der Waals surface area contributed by atoms with Crippen LogP contribution in [0.3, 0.4) is 0 Å². The average Bonchev–Trinajstić information content (AvgIpc) is 3.03. The van der Waals surface area contributed by atoms with Crippen LogP contribution in [0, 0.1) is 0 Å². The van der Waals surface area contributed by atoms with Crippen LogP contribution in [0.25, 0.3) is 0 Å². The molecule has 0 radical (unpaired) electrons. The molecule has 0 spiro atoms. The predicted molar refractivity (Wildman–Crippen MR) is 95.1 cm³/mol. The lowest BCUT2D eigenvalue weighted by molar-refractivity contribution is -0.131. The van der Waals surface area contributed by atoms with Gasteiger partial charge >= 0.3 is 0 Å². The SMILES string of the molecule is CCn1c(COCc2ccccc2)nnc1N1CC(=O)N(C)[C@@H](C)C1. The van der Waals surface area contributed by atoms with Gasteiger partial charge in [0, 0.05) is 26.2 Å². The lowest BCUT2D eigenvalue weighted by atomic mass is 10.2. The molecule has 0 bridgehead atoms. The number of aromatic nitrogens is 3. The van der Waals surface area contributed by atoms with Crippen LogP contribution in [0.2, 0.25) is 0 Å². The molecule has 1 aromatic carbocycles. The van der Waals surface area contributed by atoms with Crippen molar-refractivity contribution in [3.05, 3.63) is 41.7 Å². The van der Waals surface area contributed by atoms with Crippen LogP contribution < -0.4 is 4.90 Å². The number of hydrogen-bond acceptors (Lipinski definition) is 5. The highest BCUT2D eigenvalue weighted by atomic mass is 16.5. The third-order valence-corrected chi connectivity index (χ3v) is 4.61. The molecular formula is C18H25N5O2. The van der Waals surface area contributed by atoms with Crippen LogP contribution in [0.15, 0.2) is 30.3 Å². The molecule has 7 nitrogen and oxygen atoms in total. The van der Waals surface area contributed by atoms with E-state index in [1.54, 1.807) is 4.90 Å². The van der Waals surface area contributed by atoms with Crippen LogP contribution in [-0.2, 0) is 29.3 Å². The van der Waals surface area contributed by atoms with Crippen LogP contribution in [0.5, 0.6) is 0 Å². The minimum atomic E-state index is 0.103. The molecule has 0 saturated carbocycles. The summed E-state index contributed by atoms with van der Waals surface area (Å²) < 4.78 is 7.82. The maximum absolute atomic E-state index is 12.1. The number of carbonyl (C=O) groups is 1. The first-order chi connectivity index (χ1) is 12.1. The number of rotatable bonds is 6. The predicted octanol–water partition coefficient (Wildman–Crippen LogP) is 1.68. The minimum Gasteiger partial charge on any atom is -0.369 e. The third kappa shape index (κ3) is 3.82. The average molecular weight is 343 g/mol. The van der Waals surface area contributed by atoms with Crippen molar-refractivity contribution in [2.24, 2.45) is 0 Å². The number of piperazine rings is 1.